The average Bonchev–Trinajstić information content (AvgIpc) is 2.98. The van der Waals surface area contributed by atoms with Crippen molar-refractivity contribution in [3.05, 3.63) is 36.3 Å². The molecule has 0 bridgehead atoms. The Balaban J connectivity index is 1.99. The summed E-state index contributed by atoms with van der Waals surface area (Å²) in [5.41, 5.74) is 8.50. The second kappa shape index (κ2) is 7.14. The molecule has 126 valence electrons. The second-order valence-corrected chi connectivity index (χ2v) is 5.21. The monoisotopic (exact) mass is 328 g/mol. The Morgan fingerprint density at radius 3 is 2.92 bits per heavy atom. The minimum Gasteiger partial charge on any atom is -0.495 e. The Kier molecular flexibility index (Phi) is 4.76. The predicted octanol–water partition coefficient (Wildman–Crippen LogP) is 1.52. The van der Waals surface area contributed by atoms with Crippen LogP contribution in [0.2, 0.25) is 0 Å². The molecule has 0 radical (unpaired) electrons. The zero-order valence-electron chi connectivity index (χ0n) is 13.7. The van der Waals surface area contributed by atoms with Crippen LogP contribution < -0.4 is 15.8 Å². The first-order valence-electron chi connectivity index (χ1n) is 7.55. The molecule has 8 heteroatoms. The third-order valence-electron chi connectivity index (χ3n) is 3.66. The van der Waals surface area contributed by atoms with Gasteiger partial charge in [-0.05, 0) is 12.1 Å². The summed E-state index contributed by atoms with van der Waals surface area (Å²) < 4.78 is 12.5. The van der Waals surface area contributed by atoms with Gasteiger partial charge in [0.25, 0.3) is 0 Å². The van der Waals surface area contributed by atoms with E-state index in [1.54, 1.807) is 26.6 Å². The molecule has 0 saturated heterocycles. The lowest BCUT2D eigenvalue weighted by molar-refractivity contribution is 0.210. The molecule has 3 heterocycles. The van der Waals surface area contributed by atoms with E-state index in [-0.39, 0.29) is 5.95 Å². The van der Waals surface area contributed by atoms with Gasteiger partial charge in [-0.3, -0.25) is 4.98 Å². The number of methoxy groups -OCH3 is 2. The van der Waals surface area contributed by atoms with E-state index in [4.69, 9.17) is 15.2 Å². The summed E-state index contributed by atoms with van der Waals surface area (Å²) in [7, 11) is 3.29. The van der Waals surface area contributed by atoms with Gasteiger partial charge in [0.15, 0.2) is 5.82 Å². The predicted molar refractivity (Wildman–Crippen MR) is 92.2 cm³/mol. The molecule has 0 aliphatic carbocycles. The number of rotatable bonds is 7. The Hall–Kier alpha value is -2.87. The Morgan fingerprint density at radius 1 is 1.25 bits per heavy atom. The van der Waals surface area contributed by atoms with Crippen molar-refractivity contribution in [2.75, 3.05) is 38.4 Å². The molecular weight excluding hydrogens is 308 g/mol. The van der Waals surface area contributed by atoms with E-state index in [1.807, 2.05) is 18.3 Å². The van der Waals surface area contributed by atoms with Crippen molar-refractivity contribution in [2.24, 2.45) is 0 Å². The fraction of sp³-hybridized carbons (Fsp3) is 0.312. The van der Waals surface area contributed by atoms with Gasteiger partial charge in [-0.1, -0.05) is 0 Å². The molecule has 3 aromatic rings. The zero-order valence-corrected chi connectivity index (χ0v) is 13.7. The summed E-state index contributed by atoms with van der Waals surface area (Å²) >= 11 is 0. The number of aromatic nitrogens is 4. The fourth-order valence-corrected chi connectivity index (χ4v) is 2.56. The van der Waals surface area contributed by atoms with E-state index in [1.165, 1.54) is 0 Å². The first-order valence-corrected chi connectivity index (χ1v) is 7.55. The van der Waals surface area contributed by atoms with Crippen LogP contribution in [0.3, 0.4) is 0 Å². The number of ether oxygens (including phenoxy) is 2. The van der Waals surface area contributed by atoms with Gasteiger partial charge in [-0.15, -0.1) is 0 Å². The minimum absolute atomic E-state index is 0.238. The van der Waals surface area contributed by atoms with Crippen molar-refractivity contribution in [3.63, 3.8) is 0 Å². The number of pyridine rings is 1. The van der Waals surface area contributed by atoms with Gasteiger partial charge in [0.1, 0.15) is 11.3 Å². The molecule has 8 nitrogen and oxygen atoms in total. The number of nitrogens with zero attached hydrogens (tertiary/aromatic N) is 4. The van der Waals surface area contributed by atoms with Gasteiger partial charge in [-0.25, -0.2) is 4.98 Å². The largest absolute Gasteiger partial charge is 0.495 e. The third kappa shape index (κ3) is 3.23. The Labute approximate surface area is 139 Å². The lowest BCUT2D eigenvalue weighted by Gasteiger charge is -2.12. The summed E-state index contributed by atoms with van der Waals surface area (Å²) in [6.45, 7) is 1.82. The van der Waals surface area contributed by atoms with Gasteiger partial charge >= 0.3 is 0 Å². The summed E-state index contributed by atoms with van der Waals surface area (Å²) in [6, 6.07) is 3.85. The quantitative estimate of drug-likeness (QED) is 0.634. The lowest BCUT2D eigenvalue weighted by Crippen LogP contribution is -2.12. The maximum Gasteiger partial charge on any atom is 0.222 e. The molecule has 0 atom stereocenters. The SMILES string of the molecule is COCCNc1nc(N)nc2ccn(Cc3ccncc3OC)c12. The van der Waals surface area contributed by atoms with Gasteiger partial charge < -0.3 is 25.1 Å². The van der Waals surface area contributed by atoms with Crippen molar-refractivity contribution in [3.8, 4) is 5.75 Å². The second-order valence-electron chi connectivity index (χ2n) is 5.21. The van der Waals surface area contributed by atoms with E-state index in [0.29, 0.717) is 25.5 Å². The van der Waals surface area contributed by atoms with Crippen LogP contribution in [-0.2, 0) is 11.3 Å². The molecule has 0 aliphatic rings. The molecule has 0 aromatic carbocycles. The van der Waals surface area contributed by atoms with Crippen LogP contribution in [0, 0.1) is 0 Å². The highest BCUT2D eigenvalue weighted by Crippen LogP contribution is 2.25. The molecule has 0 aliphatic heterocycles. The number of nitrogens with one attached hydrogen (secondary N) is 1. The molecule has 0 spiro atoms. The molecular formula is C16H20N6O2. The molecule has 0 amide bonds. The van der Waals surface area contributed by atoms with Crippen molar-refractivity contribution in [2.45, 2.75) is 6.54 Å². The molecule has 24 heavy (non-hydrogen) atoms. The molecule has 3 rings (SSSR count). The molecule has 0 unspecified atom stereocenters. The van der Waals surface area contributed by atoms with Crippen LogP contribution >= 0.6 is 0 Å². The fourth-order valence-electron chi connectivity index (χ4n) is 2.56. The number of fused-ring (bicyclic) bond motifs is 1. The smallest absolute Gasteiger partial charge is 0.222 e. The van der Waals surface area contributed by atoms with Crippen LogP contribution in [0.15, 0.2) is 30.7 Å². The maximum absolute atomic E-state index is 5.81. The van der Waals surface area contributed by atoms with Gasteiger partial charge in [0.05, 0.1) is 32.0 Å². The van der Waals surface area contributed by atoms with E-state index in [9.17, 15) is 0 Å². The van der Waals surface area contributed by atoms with Gasteiger partial charge in [0, 0.05) is 31.6 Å². The Bertz CT molecular complexity index is 833. The maximum atomic E-state index is 5.81. The summed E-state index contributed by atoms with van der Waals surface area (Å²) in [6.07, 6.45) is 5.41. The van der Waals surface area contributed by atoms with Crippen LogP contribution in [0.4, 0.5) is 11.8 Å². The van der Waals surface area contributed by atoms with E-state index in [0.717, 1.165) is 22.3 Å². The molecule has 0 fully saturated rings. The van der Waals surface area contributed by atoms with Crippen molar-refractivity contribution >= 4 is 22.8 Å². The highest BCUT2D eigenvalue weighted by Gasteiger charge is 2.13. The van der Waals surface area contributed by atoms with Gasteiger partial charge in [-0.2, -0.15) is 4.98 Å². The highest BCUT2D eigenvalue weighted by atomic mass is 16.5. The lowest BCUT2D eigenvalue weighted by atomic mass is 10.2. The topological polar surface area (TPSA) is 100 Å². The number of anilines is 2. The van der Waals surface area contributed by atoms with E-state index in [2.05, 4.69) is 24.8 Å². The first kappa shape index (κ1) is 16.0. The number of hydrogen-bond acceptors (Lipinski definition) is 7. The van der Waals surface area contributed by atoms with Crippen molar-refractivity contribution in [1.82, 2.24) is 19.5 Å². The van der Waals surface area contributed by atoms with Crippen LogP contribution in [0.25, 0.3) is 11.0 Å². The van der Waals surface area contributed by atoms with Gasteiger partial charge in [0.2, 0.25) is 5.95 Å². The standard InChI is InChI=1S/C16H20N6O2/c1-23-8-6-19-15-14-12(20-16(17)21-15)4-7-22(14)10-11-3-5-18-9-13(11)24-2/h3-5,7,9H,6,8,10H2,1-2H3,(H3,17,19,20,21). The molecule has 3 N–H and O–H groups in total. The Morgan fingerprint density at radius 2 is 2.12 bits per heavy atom. The minimum atomic E-state index is 0.238. The highest BCUT2D eigenvalue weighted by molar-refractivity contribution is 5.87. The summed E-state index contributed by atoms with van der Waals surface area (Å²) in [5.74, 6) is 1.67. The molecule has 3 aromatic heterocycles. The van der Waals surface area contributed by atoms with E-state index < -0.39 is 0 Å². The zero-order chi connectivity index (χ0) is 16.9. The van der Waals surface area contributed by atoms with Crippen molar-refractivity contribution < 1.29 is 9.47 Å². The normalized spacial score (nSPS) is 10.9. The van der Waals surface area contributed by atoms with Crippen LogP contribution in [0.1, 0.15) is 5.56 Å². The number of nitrogen functional groups attached to an aromatic ring is 1. The number of nitrogens with two attached hydrogens (primary N) is 1. The molecule has 0 saturated carbocycles. The van der Waals surface area contributed by atoms with Crippen molar-refractivity contribution in [1.29, 1.82) is 0 Å². The summed E-state index contributed by atoms with van der Waals surface area (Å²) in [4.78, 5) is 12.7. The van der Waals surface area contributed by atoms with E-state index >= 15 is 0 Å². The third-order valence-corrected chi connectivity index (χ3v) is 3.66. The van der Waals surface area contributed by atoms with Crippen LogP contribution in [-0.4, -0.2) is 46.9 Å². The summed E-state index contributed by atoms with van der Waals surface area (Å²) in [5, 5.41) is 3.25. The van der Waals surface area contributed by atoms with Crippen LogP contribution in [0.5, 0.6) is 5.75 Å². The number of hydrogen-bond donors (Lipinski definition) is 2. The average molecular weight is 328 g/mol. The first-order chi connectivity index (χ1) is 11.7.